The van der Waals surface area contributed by atoms with Crippen LogP contribution in [-0.4, -0.2) is 107 Å². The summed E-state index contributed by atoms with van der Waals surface area (Å²) >= 11 is 3.23. The second kappa shape index (κ2) is 27.8. The van der Waals surface area contributed by atoms with Gasteiger partial charge < -0.3 is 57.2 Å². The number of ether oxygens (including phenoxy) is 5. The SMILES string of the molecule is COC(=O)c1cc(Br)ncc1-c1nc2ccccc2o1.COC(=O)c1cc(N2CCCOc3ccc(F)cc32)ncc1-c1nc2ccccc2o1.Fc1ccc2c(c1)NCCCO2.O=C(O)c1cc(N2CCCOc3ccc(F)cc32)ncc1-c1nc2ccccc2o1. The Bertz CT molecular complexity index is 4660. The van der Waals surface area contributed by atoms with Crippen LogP contribution < -0.4 is 29.3 Å². The number of para-hydroxylation sites is 6. The lowest BCUT2D eigenvalue weighted by Crippen LogP contribution is -2.20. The summed E-state index contributed by atoms with van der Waals surface area (Å²) in [7, 11) is 2.63. The number of benzene rings is 6. The molecule has 6 aromatic carbocycles. The number of anilines is 5. The number of carboxylic acids is 1. The number of hydrogen-bond donors (Lipinski definition) is 2. The van der Waals surface area contributed by atoms with Gasteiger partial charge in [-0.3, -0.25) is 0 Å². The molecule has 0 fully saturated rings. The molecule has 6 aromatic heterocycles. The van der Waals surface area contributed by atoms with Crippen molar-refractivity contribution >= 4 is 95.8 Å². The molecule has 21 nitrogen and oxygen atoms in total. The van der Waals surface area contributed by atoms with Gasteiger partial charge in [-0.15, -0.1) is 0 Å². The fourth-order valence-electron chi connectivity index (χ4n) is 10.2. The zero-order valence-electron chi connectivity index (χ0n) is 49.5. The maximum Gasteiger partial charge on any atom is 0.338 e. The topological polar surface area (TPSA) is 253 Å². The van der Waals surface area contributed by atoms with E-state index in [1.165, 1.54) is 75.3 Å². The second-order valence-electron chi connectivity index (χ2n) is 20.7. The number of nitrogens with zero attached hydrogens (tertiary/aromatic N) is 8. The van der Waals surface area contributed by atoms with Crippen molar-refractivity contribution in [3.8, 4) is 51.6 Å². The molecule has 0 unspecified atom stereocenters. The van der Waals surface area contributed by atoms with Crippen molar-refractivity contribution < 1.29 is 69.6 Å². The van der Waals surface area contributed by atoms with Crippen LogP contribution in [0.2, 0.25) is 0 Å². The summed E-state index contributed by atoms with van der Waals surface area (Å²) in [6.07, 6.45) is 6.81. The number of oxazole rings is 3. The predicted molar refractivity (Wildman–Crippen MR) is 341 cm³/mol. The summed E-state index contributed by atoms with van der Waals surface area (Å²) in [5.41, 5.74) is 7.43. The van der Waals surface area contributed by atoms with Gasteiger partial charge in [0, 0.05) is 56.4 Å². The Morgan fingerprint density at radius 2 is 0.914 bits per heavy atom. The number of carbonyl (C=O) groups is 3. The lowest BCUT2D eigenvalue weighted by Gasteiger charge is -2.23. The monoisotopic (exact) mass is 1320 g/mol. The Morgan fingerprint density at radius 3 is 1.39 bits per heavy atom. The number of hydrogen-bond acceptors (Lipinski definition) is 20. The van der Waals surface area contributed by atoms with E-state index < -0.39 is 23.7 Å². The van der Waals surface area contributed by atoms with Gasteiger partial charge in [-0.25, -0.2) is 57.5 Å². The molecule has 2 N–H and O–H groups in total. The number of aromatic carboxylic acids is 1. The summed E-state index contributed by atoms with van der Waals surface area (Å²) in [6.45, 7) is 3.57. The number of carbonyl (C=O) groups excluding carboxylic acids is 2. The minimum Gasteiger partial charge on any atom is -0.491 e. The number of rotatable bonds is 8. The number of fused-ring (bicyclic) bond motifs is 6. The summed E-state index contributed by atoms with van der Waals surface area (Å²) in [5.74, 6) is 0.285. The van der Waals surface area contributed by atoms with Gasteiger partial charge in [-0.05, 0) is 126 Å². The molecule has 9 heterocycles. The molecule has 0 saturated heterocycles. The van der Waals surface area contributed by atoms with Crippen LogP contribution in [0, 0.1) is 17.5 Å². The lowest BCUT2D eigenvalue weighted by atomic mass is 10.1. The highest BCUT2D eigenvalue weighted by atomic mass is 79.9. The van der Waals surface area contributed by atoms with E-state index in [2.05, 4.69) is 51.2 Å². The van der Waals surface area contributed by atoms with Gasteiger partial charge in [0.25, 0.3) is 0 Å². The minimum absolute atomic E-state index is 0.00493. The van der Waals surface area contributed by atoms with Gasteiger partial charge in [0.05, 0.1) is 84.5 Å². The van der Waals surface area contributed by atoms with Crippen molar-refractivity contribution in [1.82, 2.24) is 29.9 Å². The molecule has 0 bridgehead atoms. The van der Waals surface area contributed by atoms with Gasteiger partial charge in [0.15, 0.2) is 16.7 Å². The van der Waals surface area contributed by atoms with E-state index in [1.807, 2.05) is 59.5 Å². The van der Waals surface area contributed by atoms with E-state index in [-0.39, 0.29) is 40.1 Å². The van der Waals surface area contributed by atoms with Crippen molar-refractivity contribution in [2.45, 2.75) is 19.3 Å². The molecular weight excluding hydrogens is 1270 g/mol. The molecule has 3 aliphatic heterocycles. The van der Waals surface area contributed by atoms with Crippen molar-refractivity contribution in [2.24, 2.45) is 0 Å². The quantitative estimate of drug-likeness (QED) is 0.106. The zero-order valence-corrected chi connectivity index (χ0v) is 51.1. The van der Waals surface area contributed by atoms with E-state index in [0.717, 1.165) is 29.9 Å². The van der Waals surface area contributed by atoms with E-state index in [9.17, 15) is 32.7 Å². The third-order valence-electron chi connectivity index (χ3n) is 14.6. The van der Waals surface area contributed by atoms with Crippen LogP contribution in [0.15, 0.2) is 182 Å². The Balaban J connectivity index is 0.000000125. The average molecular weight is 1330 g/mol. The van der Waals surface area contributed by atoms with Gasteiger partial charge in [0.2, 0.25) is 17.7 Å². The molecule has 25 heteroatoms. The normalized spacial score (nSPS) is 13.1. The molecule has 0 spiro atoms. The highest BCUT2D eigenvalue weighted by Crippen LogP contribution is 2.40. The molecule has 0 saturated carbocycles. The smallest absolute Gasteiger partial charge is 0.338 e. The Hall–Kier alpha value is -11.3. The van der Waals surface area contributed by atoms with E-state index in [4.69, 9.17) is 36.9 Å². The number of esters is 2. The van der Waals surface area contributed by atoms with Crippen molar-refractivity contribution in [3.05, 3.63) is 203 Å². The van der Waals surface area contributed by atoms with E-state index in [1.54, 1.807) is 53.4 Å². The highest BCUT2D eigenvalue weighted by molar-refractivity contribution is 9.10. The highest BCUT2D eigenvalue weighted by Gasteiger charge is 2.27. The number of nitrogens with one attached hydrogen (secondary N) is 1. The molecule has 0 aliphatic carbocycles. The predicted octanol–water partition coefficient (Wildman–Crippen LogP) is 14.8. The number of aromatic nitrogens is 6. The molecule has 470 valence electrons. The van der Waals surface area contributed by atoms with Gasteiger partial charge >= 0.3 is 17.9 Å². The molecule has 15 rings (SSSR count). The fourth-order valence-corrected chi connectivity index (χ4v) is 10.6. The van der Waals surface area contributed by atoms with Crippen molar-refractivity contribution in [1.29, 1.82) is 0 Å². The lowest BCUT2D eigenvalue weighted by molar-refractivity contribution is 0.0592. The molecule has 0 amide bonds. The van der Waals surface area contributed by atoms with Crippen LogP contribution in [0.3, 0.4) is 0 Å². The number of methoxy groups -OCH3 is 2. The molecule has 0 atom stereocenters. The van der Waals surface area contributed by atoms with E-state index >= 15 is 0 Å². The van der Waals surface area contributed by atoms with Crippen molar-refractivity contribution in [3.63, 3.8) is 0 Å². The largest absolute Gasteiger partial charge is 0.491 e. The van der Waals surface area contributed by atoms with Gasteiger partial charge in [-0.2, -0.15) is 0 Å². The summed E-state index contributed by atoms with van der Waals surface area (Å²) in [6, 6.07) is 39.7. The van der Waals surface area contributed by atoms with Gasteiger partial charge in [-0.1, -0.05) is 36.4 Å². The first-order valence-corrected chi connectivity index (χ1v) is 29.8. The Morgan fingerprint density at radius 1 is 0.505 bits per heavy atom. The summed E-state index contributed by atoms with van der Waals surface area (Å²) < 4.78 is 84.9. The van der Waals surface area contributed by atoms with Crippen LogP contribution in [0.4, 0.5) is 41.9 Å². The Labute approximate surface area is 535 Å². The third kappa shape index (κ3) is 13.9. The molecule has 12 aromatic rings. The maximum absolute atomic E-state index is 14.0. The summed E-state index contributed by atoms with van der Waals surface area (Å²) in [5, 5.41) is 12.9. The number of pyridine rings is 3. The Kier molecular flexibility index (Phi) is 18.5. The number of halogens is 4. The van der Waals surface area contributed by atoms with Crippen molar-refractivity contribution in [2.75, 3.05) is 68.8 Å². The molecule has 3 aliphatic rings. The molecule has 93 heavy (non-hydrogen) atoms. The standard InChI is InChI=1S/C23H18FN3O4.C22H16FN3O4.C14H9BrN2O3.C9H10FNO/c1-29-23(28)15-12-21(27-9-4-10-30-20-8-7-14(24)11-18(20)27)25-13-16(15)22-26-17-5-2-3-6-19(17)31-22;23-13-6-7-19-17(10-13)26(8-3-9-29-19)20-11-14(22(27)28)15(12-24-20)21-25-16-4-1-2-5-18(16)30-21;1-19-14(18)8-6-12(15)16-7-9(8)13-17-10-4-2-3-5-11(10)20-13;10-7-2-3-9-8(6-7)11-4-1-5-12-9/h2-3,5-8,11-13H,4,9-10H2,1H3;1-2,4-7,10-12H,3,8-9H2,(H,27,28);2-7H,1H3;2-3,6,11H,1,4-5H2. The maximum atomic E-state index is 14.0. The fraction of sp³-hybridized carbons (Fsp3) is 0.162. The van der Waals surface area contributed by atoms with Crippen LogP contribution >= 0.6 is 15.9 Å². The first-order valence-electron chi connectivity index (χ1n) is 29.0. The van der Waals surface area contributed by atoms with Crippen LogP contribution in [0.1, 0.15) is 50.3 Å². The zero-order chi connectivity index (χ0) is 64.5. The molecular formula is C68H53BrF3N9O12. The number of carboxylic acid groups (broad SMARTS) is 1. The van der Waals surface area contributed by atoms with Crippen LogP contribution in [0.5, 0.6) is 17.2 Å². The average Bonchev–Trinajstić information content (AvgIpc) is 1.81. The second-order valence-corrected chi connectivity index (χ2v) is 21.5. The van der Waals surface area contributed by atoms with Crippen LogP contribution in [-0.2, 0) is 9.47 Å². The van der Waals surface area contributed by atoms with Crippen LogP contribution in [0.25, 0.3) is 67.7 Å². The third-order valence-corrected chi connectivity index (χ3v) is 15.1. The summed E-state index contributed by atoms with van der Waals surface area (Å²) in [4.78, 5) is 66.3. The first kappa shape index (κ1) is 61.9. The van der Waals surface area contributed by atoms with Gasteiger partial charge in [0.1, 0.15) is 67.5 Å². The first-order chi connectivity index (χ1) is 45.3. The van der Waals surface area contributed by atoms with E-state index in [0.29, 0.717) is 135 Å². The molecule has 0 radical (unpaired) electrons. The minimum atomic E-state index is -1.14.